The quantitative estimate of drug-likeness (QED) is 0.373. The summed E-state index contributed by atoms with van der Waals surface area (Å²) < 4.78 is 11.3. The Morgan fingerprint density at radius 2 is 1.56 bits per heavy atom. The Bertz CT molecular complexity index is 1210. The van der Waals surface area contributed by atoms with E-state index >= 15 is 0 Å². The molecule has 0 radical (unpaired) electrons. The Hall–Kier alpha value is -3.42. The molecule has 7 nitrogen and oxygen atoms in total. The van der Waals surface area contributed by atoms with E-state index in [-0.39, 0.29) is 23.8 Å². The largest absolute Gasteiger partial charge is 0.464 e. The molecule has 0 unspecified atom stereocenters. The molecule has 7 heteroatoms. The molecule has 2 heterocycles. The maximum atomic E-state index is 13.8. The lowest BCUT2D eigenvalue weighted by atomic mass is 9.86. The minimum Gasteiger partial charge on any atom is -0.464 e. The van der Waals surface area contributed by atoms with Crippen molar-refractivity contribution in [3.63, 3.8) is 0 Å². The molecule has 1 aliphatic rings. The van der Waals surface area contributed by atoms with E-state index in [4.69, 9.17) is 9.15 Å². The summed E-state index contributed by atoms with van der Waals surface area (Å²) in [6, 6.07) is 21.5. The first-order valence-corrected chi connectivity index (χ1v) is 13.8. The monoisotopic (exact) mass is 531 g/mol. The van der Waals surface area contributed by atoms with Gasteiger partial charge in [0, 0.05) is 38.3 Å². The fraction of sp³-hybridized carbons (Fsp3) is 0.438. The number of amides is 2. The molecule has 2 aromatic carbocycles. The summed E-state index contributed by atoms with van der Waals surface area (Å²) in [5, 5.41) is 0. The van der Waals surface area contributed by atoms with E-state index in [1.165, 1.54) is 0 Å². The number of hydrogen-bond donors (Lipinski definition) is 0. The first-order chi connectivity index (χ1) is 18.7. The van der Waals surface area contributed by atoms with Crippen molar-refractivity contribution in [1.29, 1.82) is 0 Å². The first-order valence-electron chi connectivity index (χ1n) is 13.8. The molecule has 0 aliphatic carbocycles. The molecule has 0 atom stereocenters. The second kappa shape index (κ2) is 13.1. The van der Waals surface area contributed by atoms with E-state index in [1.807, 2.05) is 73.7 Å². The van der Waals surface area contributed by atoms with Crippen LogP contribution >= 0.6 is 0 Å². The molecule has 1 fully saturated rings. The SMILES string of the molecule is Cc1ccc(CN(Cc2ccccc2)C(=O)CN(CCN2CCOCC2)C(=O)c2ccc(C(C)(C)C)cc2)o1. The maximum Gasteiger partial charge on any atom is 0.254 e. The number of furan rings is 1. The lowest BCUT2D eigenvalue weighted by Gasteiger charge is -2.31. The molecule has 0 spiro atoms. The van der Waals surface area contributed by atoms with Crippen molar-refractivity contribution in [1.82, 2.24) is 14.7 Å². The van der Waals surface area contributed by atoms with Gasteiger partial charge in [0.1, 0.15) is 18.1 Å². The maximum absolute atomic E-state index is 13.8. The standard InChI is InChI=1S/C32H41N3O4/c1-25-10-15-29(39-25)23-35(22-26-8-6-5-7-9-26)30(36)24-34(17-16-33-18-20-38-21-19-33)31(37)27-11-13-28(14-12-27)32(2,3)4/h5-15H,16-24H2,1-4H3. The van der Waals surface area contributed by atoms with Crippen LogP contribution in [-0.4, -0.2) is 72.5 Å². The smallest absolute Gasteiger partial charge is 0.254 e. The van der Waals surface area contributed by atoms with Crippen molar-refractivity contribution in [3.8, 4) is 0 Å². The van der Waals surface area contributed by atoms with Gasteiger partial charge in [-0.05, 0) is 47.7 Å². The van der Waals surface area contributed by atoms with Gasteiger partial charge in [-0.1, -0.05) is 63.2 Å². The second-order valence-corrected chi connectivity index (χ2v) is 11.3. The average Bonchev–Trinajstić information content (AvgIpc) is 3.35. The van der Waals surface area contributed by atoms with Crippen molar-refractivity contribution < 1.29 is 18.7 Å². The summed E-state index contributed by atoms with van der Waals surface area (Å²) in [6.45, 7) is 13.3. The van der Waals surface area contributed by atoms with Crippen LogP contribution in [0.2, 0.25) is 0 Å². The predicted molar refractivity (Wildman–Crippen MR) is 152 cm³/mol. The van der Waals surface area contributed by atoms with E-state index in [1.54, 1.807) is 9.80 Å². The molecule has 0 bridgehead atoms. The van der Waals surface area contributed by atoms with Gasteiger partial charge in [0.2, 0.25) is 5.91 Å². The number of aryl methyl sites for hydroxylation is 1. The van der Waals surface area contributed by atoms with Gasteiger partial charge in [-0.25, -0.2) is 0 Å². The van der Waals surface area contributed by atoms with Gasteiger partial charge in [-0.2, -0.15) is 0 Å². The summed E-state index contributed by atoms with van der Waals surface area (Å²) in [5.41, 5.74) is 2.78. The zero-order valence-corrected chi connectivity index (χ0v) is 23.7. The third kappa shape index (κ3) is 8.28. The third-order valence-electron chi connectivity index (χ3n) is 7.11. The van der Waals surface area contributed by atoms with Crippen LogP contribution in [0.4, 0.5) is 0 Å². The Morgan fingerprint density at radius 3 is 2.18 bits per heavy atom. The number of ether oxygens (including phenoxy) is 1. The average molecular weight is 532 g/mol. The molecule has 3 aromatic rings. The highest BCUT2D eigenvalue weighted by Crippen LogP contribution is 2.23. The van der Waals surface area contributed by atoms with Gasteiger partial charge in [0.05, 0.1) is 19.8 Å². The van der Waals surface area contributed by atoms with E-state index < -0.39 is 0 Å². The Labute approximate surface area is 232 Å². The second-order valence-electron chi connectivity index (χ2n) is 11.3. The highest BCUT2D eigenvalue weighted by atomic mass is 16.5. The summed E-state index contributed by atoms with van der Waals surface area (Å²) in [4.78, 5) is 33.3. The molecule has 0 saturated carbocycles. The van der Waals surface area contributed by atoms with Crippen molar-refractivity contribution in [2.75, 3.05) is 45.9 Å². The molecule has 2 amide bonds. The number of carbonyl (C=O) groups is 2. The summed E-state index contributed by atoms with van der Waals surface area (Å²) in [6.07, 6.45) is 0. The van der Waals surface area contributed by atoms with Crippen molar-refractivity contribution >= 4 is 11.8 Å². The topological polar surface area (TPSA) is 66.2 Å². The number of hydrogen-bond acceptors (Lipinski definition) is 5. The Morgan fingerprint density at radius 1 is 0.872 bits per heavy atom. The number of nitrogens with zero attached hydrogens (tertiary/aromatic N) is 3. The zero-order valence-electron chi connectivity index (χ0n) is 23.7. The van der Waals surface area contributed by atoms with Gasteiger partial charge in [0.15, 0.2) is 0 Å². The minimum absolute atomic E-state index is 0.00325. The van der Waals surface area contributed by atoms with Crippen LogP contribution in [0.15, 0.2) is 71.1 Å². The highest BCUT2D eigenvalue weighted by Gasteiger charge is 2.25. The number of morpholine rings is 1. The van der Waals surface area contributed by atoms with Crippen molar-refractivity contribution in [3.05, 3.63) is 94.9 Å². The Kier molecular flexibility index (Phi) is 9.59. The molecule has 1 aliphatic heterocycles. The highest BCUT2D eigenvalue weighted by molar-refractivity contribution is 5.96. The van der Waals surface area contributed by atoms with Crippen LogP contribution in [0.5, 0.6) is 0 Å². The van der Waals surface area contributed by atoms with Crippen LogP contribution in [0, 0.1) is 6.92 Å². The van der Waals surface area contributed by atoms with E-state index in [0.29, 0.717) is 45.0 Å². The molecule has 4 rings (SSSR count). The van der Waals surface area contributed by atoms with Gasteiger partial charge >= 0.3 is 0 Å². The molecule has 1 saturated heterocycles. The summed E-state index contributed by atoms with van der Waals surface area (Å²) in [7, 11) is 0. The number of benzene rings is 2. The molecule has 39 heavy (non-hydrogen) atoms. The third-order valence-corrected chi connectivity index (χ3v) is 7.11. The zero-order chi connectivity index (χ0) is 27.8. The lowest BCUT2D eigenvalue weighted by Crippen LogP contribution is -2.47. The van der Waals surface area contributed by atoms with Gasteiger partial charge in [-0.15, -0.1) is 0 Å². The van der Waals surface area contributed by atoms with E-state index in [9.17, 15) is 9.59 Å². The van der Waals surface area contributed by atoms with Crippen LogP contribution in [0.3, 0.4) is 0 Å². The van der Waals surface area contributed by atoms with Crippen LogP contribution in [-0.2, 0) is 28.0 Å². The van der Waals surface area contributed by atoms with Crippen LogP contribution in [0.25, 0.3) is 0 Å². The van der Waals surface area contributed by atoms with Crippen LogP contribution < -0.4 is 0 Å². The van der Waals surface area contributed by atoms with E-state index in [2.05, 4.69) is 25.7 Å². The Balaban J connectivity index is 1.54. The van der Waals surface area contributed by atoms with E-state index in [0.717, 1.165) is 35.7 Å². The molecule has 0 N–H and O–H groups in total. The molecular weight excluding hydrogens is 490 g/mol. The first kappa shape index (κ1) is 28.6. The number of rotatable bonds is 10. The predicted octanol–water partition coefficient (Wildman–Crippen LogP) is 4.89. The number of carbonyl (C=O) groups excluding carboxylic acids is 2. The summed E-state index contributed by atoms with van der Waals surface area (Å²) >= 11 is 0. The van der Waals surface area contributed by atoms with Crippen molar-refractivity contribution in [2.45, 2.75) is 46.2 Å². The van der Waals surface area contributed by atoms with Gasteiger partial charge in [-0.3, -0.25) is 14.5 Å². The molecule has 1 aromatic heterocycles. The lowest BCUT2D eigenvalue weighted by molar-refractivity contribution is -0.133. The molecule has 208 valence electrons. The van der Waals surface area contributed by atoms with Gasteiger partial charge in [0.25, 0.3) is 5.91 Å². The fourth-order valence-corrected chi connectivity index (χ4v) is 4.69. The minimum atomic E-state index is -0.134. The summed E-state index contributed by atoms with van der Waals surface area (Å²) in [5.74, 6) is 1.28. The normalized spacial score (nSPS) is 14.3. The molecular formula is C32H41N3O4. The van der Waals surface area contributed by atoms with Crippen molar-refractivity contribution in [2.24, 2.45) is 0 Å². The van der Waals surface area contributed by atoms with Crippen LogP contribution in [0.1, 0.15) is 53.8 Å². The van der Waals surface area contributed by atoms with Gasteiger partial charge < -0.3 is 19.0 Å². The fourth-order valence-electron chi connectivity index (χ4n) is 4.69.